The maximum Gasteiger partial charge on any atom is 0.253 e. The predicted octanol–water partition coefficient (Wildman–Crippen LogP) is -1.42. The molecule has 0 aromatic carbocycles. The molecule has 0 spiro atoms. The van der Waals surface area contributed by atoms with Crippen molar-refractivity contribution in [1.29, 1.82) is 0 Å². The molecule has 0 fully saturated rings. The van der Waals surface area contributed by atoms with Crippen LogP contribution in [0.25, 0.3) is 0 Å². The summed E-state index contributed by atoms with van der Waals surface area (Å²) in [6.45, 7) is -0.217. The van der Waals surface area contributed by atoms with Gasteiger partial charge < -0.3 is 16.5 Å². The van der Waals surface area contributed by atoms with Gasteiger partial charge in [0.05, 0.1) is 24.0 Å². The van der Waals surface area contributed by atoms with Gasteiger partial charge in [0.1, 0.15) is 0 Å². The molecule has 6 N–H and O–H groups in total. The van der Waals surface area contributed by atoms with Crippen LogP contribution >= 0.6 is 0 Å². The molecule has 0 aliphatic carbocycles. The van der Waals surface area contributed by atoms with E-state index in [0.29, 0.717) is 11.3 Å². The van der Waals surface area contributed by atoms with Gasteiger partial charge in [0.15, 0.2) is 0 Å². The fraction of sp³-hybridized carbons (Fsp3) is 0.125. The smallest absolute Gasteiger partial charge is 0.253 e. The molecule has 0 radical (unpaired) electrons. The Kier molecular flexibility index (Phi) is 3.58. The van der Waals surface area contributed by atoms with Gasteiger partial charge in [-0.2, -0.15) is 0 Å². The van der Waals surface area contributed by atoms with E-state index in [0.717, 1.165) is 0 Å². The average Bonchev–Trinajstić information content (AvgIpc) is 2.25. The van der Waals surface area contributed by atoms with Gasteiger partial charge in [-0.05, 0) is 6.07 Å². The van der Waals surface area contributed by atoms with E-state index in [1.807, 2.05) is 0 Å². The Labute approximate surface area is 85.8 Å². The zero-order valence-corrected chi connectivity index (χ0v) is 7.86. The average molecular weight is 209 g/mol. The summed E-state index contributed by atoms with van der Waals surface area (Å²) in [4.78, 5) is 25.7. The number of carbonyl (C=O) groups excluding carboxylic acids is 2. The van der Waals surface area contributed by atoms with E-state index in [-0.39, 0.29) is 6.54 Å². The Morgan fingerprint density at radius 1 is 1.47 bits per heavy atom. The molecule has 7 heteroatoms. The number of nitrogens with zero attached hydrogens (tertiary/aromatic N) is 1. The number of nitrogens with two attached hydrogens (primary N) is 2. The van der Waals surface area contributed by atoms with E-state index in [4.69, 9.17) is 11.6 Å². The van der Waals surface area contributed by atoms with Gasteiger partial charge in [0.2, 0.25) is 5.91 Å². The molecule has 0 saturated heterocycles. The van der Waals surface area contributed by atoms with Gasteiger partial charge in [-0.15, -0.1) is 0 Å². The minimum Gasteiger partial charge on any atom is -0.368 e. The summed E-state index contributed by atoms with van der Waals surface area (Å²) in [5.41, 5.74) is 7.88. The van der Waals surface area contributed by atoms with Crippen molar-refractivity contribution in [3.05, 3.63) is 24.0 Å². The molecule has 0 aliphatic rings. The standard InChI is InChI=1S/C8H11N5O2/c9-7(14)4-12-8(15)5-1-2-11-3-6(5)13-10/h1-3,13H,4,10H2,(H2,9,14)(H,12,15). The first kappa shape index (κ1) is 10.9. The SMILES string of the molecule is NNc1cnccc1C(=O)NCC(N)=O. The lowest BCUT2D eigenvalue weighted by molar-refractivity contribution is -0.117. The topological polar surface area (TPSA) is 123 Å². The molecule has 7 nitrogen and oxygen atoms in total. The number of amides is 2. The molecule has 0 bridgehead atoms. The van der Waals surface area contributed by atoms with Crippen LogP contribution in [0.1, 0.15) is 10.4 Å². The normalized spacial score (nSPS) is 9.40. The molecule has 1 aromatic rings. The molecule has 0 aliphatic heterocycles. The first-order chi connectivity index (χ1) is 7.15. The Morgan fingerprint density at radius 3 is 2.80 bits per heavy atom. The molecule has 80 valence electrons. The molecule has 0 saturated carbocycles. The Hall–Kier alpha value is -2.15. The van der Waals surface area contributed by atoms with Gasteiger partial charge >= 0.3 is 0 Å². The van der Waals surface area contributed by atoms with Crippen LogP contribution in [0.2, 0.25) is 0 Å². The van der Waals surface area contributed by atoms with Crippen LogP contribution in [-0.2, 0) is 4.79 Å². The maximum atomic E-state index is 11.5. The molecule has 0 atom stereocenters. The summed E-state index contributed by atoms with van der Waals surface area (Å²) in [7, 11) is 0. The summed E-state index contributed by atoms with van der Waals surface area (Å²) in [6.07, 6.45) is 2.85. The zero-order valence-electron chi connectivity index (χ0n) is 7.86. The summed E-state index contributed by atoms with van der Waals surface area (Å²) in [6, 6.07) is 1.48. The highest BCUT2D eigenvalue weighted by Gasteiger charge is 2.10. The van der Waals surface area contributed by atoms with E-state index in [9.17, 15) is 9.59 Å². The van der Waals surface area contributed by atoms with Crippen molar-refractivity contribution >= 4 is 17.5 Å². The van der Waals surface area contributed by atoms with Crippen LogP contribution in [0.5, 0.6) is 0 Å². The Morgan fingerprint density at radius 2 is 2.20 bits per heavy atom. The number of pyridine rings is 1. The minimum atomic E-state index is -0.611. The van der Waals surface area contributed by atoms with Crippen molar-refractivity contribution in [3.8, 4) is 0 Å². The van der Waals surface area contributed by atoms with Crippen molar-refractivity contribution in [2.75, 3.05) is 12.0 Å². The summed E-state index contributed by atoms with van der Waals surface area (Å²) in [5, 5.41) is 2.34. The molecular formula is C8H11N5O2. The van der Waals surface area contributed by atoms with E-state index < -0.39 is 11.8 Å². The highest BCUT2D eigenvalue weighted by molar-refractivity contribution is 6.00. The Bertz CT molecular complexity index is 379. The van der Waals surface area contributed by atoms with Gasteiger partial charge in [-0.1, -0.05) is 0 Å². The summed E-state index contributed by atoms with van der Waals surface area (Å²) >= 11 is 0. The second kappa shape index (κ2) is 4.91. The van der Waals surface area contributed by atoms with Gasteiger partial charge in [0, 0.05) is 6.20 Å². The number of hydrazine groups is 1. The largest absolute Gasteiger partial charge is 0.368 e. The number of aromatic nitrogens is 1. The number of primary amides is 1. The molecule has 2 amide bonds. The van der Waals surface area contributed by atoms with Crippen LogP contribution in [0.4, 0.5) is 5.69 Å². The lowest BCUT2D eigenvalue weighted by Gasteiger charge is -2.07. The number of carbonyl (C=O) groups is 2. The fourth-order valence-corrected chi connectivity index (χ4v) is 0.970. The van der Waals surface area contributed by atoms with Crippen LogP contribution in [0.3, 0.4) is 0 Å². The van der Waals surface area contributed by atoms with Crippen molar-refractivity contribution < 1.29 is 9.59 Å². The lowest BCUT2D eigenvalue weighted by atomic mass is 10.2. The number of hydrogen-bond acceptors (Lipinski definition) is 5. The number of nitrogens with one attached hydrogen (secondary N) is 2. The van der Waals surface area contributed by atoms with Crippen LogP contribution in [0.15, 0.2) is 18.5 Å². The second-order valence-corrected chi connectivity index (χ2v) is 2.71. The molecule has 1 aromatic heterocycles. The van der Waals surface area contributed by atoms with Crippen molar-refractivity contribution in [3.63, 3.8) is 0 Å². The van der Waals surface area contributed by atoms with E-state index >= 15 is 0 Å². The highest BCUT2D eigenvalue weighted by Crippen LogP contribution is 2.10. The first-order valence-corrected chi connectivity index (χ1v) is 4.12. The third-order valence-corrected chi connectivity index (χ3v) is 1.64. The molecular weight excluding hydrogens is 198 g/mol. The zero-order chi connectivity index (χ0) is 11.3. The number of anilines is 1. The third kappa shape index (κ3) is 2.92. The van der Waals surface area contributed by atoms with Crippen molar-refractivity contribution in [1.82, 2.24) is 10.3 Å². The van der Waals surface area contributed by atoms with Crippen molar-refractivity contribution in [2.24, 2.45) is 11.6 Å². The monoisotopic (exact) mass is 209 g/mol. The van der Waals surface area contributed by atoms with Crippen LogP contribution < -0.4 is 22.3 Å². The quantitative estimate of drug-likeness (QED) is 0.358. The summed E-state index contributed by atoms with van der Waals surface area (Å²) in [5.74, 6) is 4.13. The number of nitrogen functional groups attached to an aromatic ring is 1. The summed E-state index contributed by atoms with van der Waals surface area (Å²) < 4.78 is 0. The second-order valence-electron chi connectivity index (χ2n) is 2.71. The van der Waals surface area contributed by atoms with E-state index in [2.05, 4.69) is 15.7 Å². The van der Waals surface area contributed by atoms with Gasteiger partial charge in [-0.25, -0.2) is 0 Å². The highest BCUT2D eigenvalue weighted by atomic mass is 16.2. The minimum absolute atomic E-state index is 0.217. The molecule has 0 unspecified atom stereocenters. The molecule has 1 rings (SSSR count). The maximum absolute atomic E-state index is 11.5. The van der Waals surface area contributed by atoms with Gasteiger partial charge in [-0.3, -0.25) is 20.4 Å². The van der Waals surface area contributed by atoms with Gasteiger partial charge in [0.25, 0.3) is 5.91 Å². The Balaban J connectivity index is 2.77. The third-order valence-electron chi connectivity index (χ3n) is 1.64. The van der Waals surface area contributed by atoms with E-state index in [1.54, 1.807) is 0 Å². The number of hydrogen-bond donors (Lipinski definition) is 4. The van der Waals surface area contributed by atoms with Crippen molar-refractivity contribution in [2.45, 2.75) is 0 Å². The fourth-order valence-electron chi connectivity index (χ4n) is 0.970. The predicted molar refractivity (Wildman–Crippen MR) is 53.6 cm³/mol. The molecule has 15 heavy (non-hydrogen) atoms. The van der Waals surface area contributed by atoms with Crippen LogP contribution in [0, 0.1) is 0 Å². The lowest BCUT2D eigenvalue weighted by Crippen LogP contribution is -2.33. The van der Waals surface area contributed by atoms with E-state index in [1.165, 1.54) is 18.5 Å². The first-order valence-electron chi connectivity index (χ1n) is 4.12. The number of rotatable bonds is 4. The van der Waals surface area contributed by atoms with Crippen LogP contribution in [-0.4, -0.2) is 23.3 Å². The molecule has 1 heterocycles.